The molecule has 150 valence electrons. The van der Waals surface area contributed by atoms with Crippen molar-refractivity contribution in [1.82, 2.24) is 0 Å². The van der Waals surface area contributed by atoms with Gasteiger partial charge in [0.15, 0.2) is 0 Å². The van der Waals surface area contributed by atoms with Crippen molar-refractivity contribution < 1.29 is 9.53 Å². The molecule has 0 aliphatic carbocycles. The van der Waals surface area contributed by atoms with Crippen LogP contribution >= 0.6 is 38.5 Å². The van der Waals surface area contributed by atoms with Gasteiger partial charge in [-0.2, -0.15) is 5.26 Å². The minimum absolute atomic E-state index is 0.0232. The first-order valence-corrected chi connectivity index (χ1v) is 11.0. The van der Waals surface area contributed by atoms with Crippen molar-refractivity contribution in [3.05, 3.63) is 97.0 Å². The van der Waals surface area contributed by atoms with E-state index in [0.29, 0.717) is 18.0 Å². The molecule has 30 heavy (non-hydrogen) atoms. The highest BCUT2D eigenvalue weighted by Gasteiger charge is 2.10. The third-order valence-electron chi connectivity index (χ3n) is 4.25. The van der Waals surface area contributed by atoms with Crippen molar-refractivity contribution in [3.63, 3.8) is 0 Å². The molecule has 3 aromatic carbocycles. The third-order valence-corrected chi connectivity index (χ3v) is 5.59. The largest absolute Gasteiger partial charge is 0.488 e. The molecule has 0 spiro atoms. The van der Waals surface area contributed by atoms with Gasteiger partial charge in [0.05, 0.1) is 4.47 Å². The summed E-state index contributed by atoms with van der Waals surface area (Å²) in [6.07, 6.45) is 1.55. The molecule has 1 amide bonds. The Morgan fingerprint density at radius 1 is 1.13 bits per heavy atom. The van der Waals surface area contributed by atoms with Crippen molar-refractivity contribution in [2.45, 2.75) is 13.5 Å². The average molecular weight is 573 g/mol. The summed E-state index contributed by atoms with van der Waals surface area (Å²) in [6.45, 7) is 2.42. The van der Waals surface area contributed by atoms with Crippen LogP contribution in [0.5, 0.6) is 5.75 Å². The Balaban J connectivity index is 1.69. The number of carbonyl (C=O) groups excluding carboxylic acids is 1. The normalized spacial score (nSPS) is 10.9. The van der Waals surface area contributed by atoms with Gasteiger partial charge in [-0.05, 0) is 99.0 Å². The molecular weight excluding hydrogens is 555 g/mol. The van der Waals surface area contributed by atoms with Gasteiger partial charge in [-0.1, -0.05) is 35.9 Å². The van der Waals surface area contributed by atoms with Crippen LogP contribution in [0.3, 0.4) is 0 Å². The second-order valence-corrected chi connectivity index (χ2v) is 8.69. The van der Waals surface area contributed by atoms with Crippen LogP contribution in [0.25, 0.3) is 6.08 Å². The number of hydrogen-bond donors (Lipinski definition) is 1. The van der Waals surface area contributed by atoms with Crippen LogP contribution in [0.2, 0.25) is 0 Å². The highest BCUT2D eigenvalue weighted by Crippen LogP contribution is 2.28. The molecule has 3 rings (SSSR count). The summed E-state index contributed by atoms with van der Waals surface area (Å²) in [6, 6.07) is 22.9. The van der Waals surface area contributed by atoms with Crippen molar-refractivity contribution in [2.75, 3.05) is 5.32 Å². The second kappa shape index (κ2) is 10.4. The van der Waals surface area contributed by atoms with Gasteiger partial charge in [0.1, 0.15) is 24.0 Å². The summed E-state index contributed by atoms with van der Waals surface area (Å²) < 4.78 is 7.79. The molecule has 4 nitrogen and oxygen atoms in total. The maximum absolute atomic E-state index is 12.4. The lowest BCUT2D eigenvalue weighted by molar-refractivity contribution is -0.112. The molecular formula is C24H18BrIN2O2. The van der Waals surface area contributed by atoms with Crippen LogP contribution in [0.15, 0.2) is 76.8 Å². The van der Waals surface area contributed by atoms with E-state index in [-0.39, 0.29) is 5.57 Å². The first-order valence-electron chi connectivity index (χ1n) is 9.11. The fourth-order valence-corrected chi connectivity index (χ4v) is 3.49. The average Bonchev–Trinajstić information content (AvgIpc) is 2.74. The zero-order valence-corrected chi connectivity index (χ0v) is 19.9. The van der Waals surface area contributed by atoms with Crippen molar-refractivity contribution >= 4 is 56.2 Å². The van der Waals surface area contributed by atoms with Crippen molar-refractivity contribution in [2.24, 2.45) is 0 Å². The molecule has 0 aromatic heterocycles. The van der Waals surface area contributed by atoms with E-state index in [1.807, 2.05) is 67.6 Å². The Bertz CT molecular complexity index is 1120. The molecule has 0 bridgehead atoms. The van der Waals surface area contributed by atoms with Gasteiger partial charge in [0, 0.05) is 9.26 Å². The van der Waals surface area contributed by atoms with E-state index in [0.717, 1.165) is 21.2 Å². The monoisotopic (exact) mass is 572 g/mol. The minimum atomic E-state index is -0.448. The van der Waals surface area contributed by atoms with Gasteiger partial charge >= 0.3 is 0 Å². The summed E-state index contributed by atoms with van der Waals surface area (Å²) in [7, 11) is 0. The second-order valence-electron chi connectivity index (χ2n) is 6.59. The number of aryl methyl sites for hydroxylation is 1. The third kappa shape index (κ3) is 6.18. The summed E-state index contributed by atoms with van der Waals surface area (Å²) in [5.41, 5.74) is 3.56. The zero-order valence-electron chi connectivity index (χ0n) is 16.2. The molecule has 0 fully saturated rings. The molecule has 0 atom stereocenters. The number of benzene rings is 3. The summed E-state index contributed by atoms with van der Waals surface area (Å²) >= 11 is 5.77. The quantitative estimate of drug-likeness (QED) is 0.209. The standard InChI is InChI=1S/C24H18BrIN2O2/c1-16-2-9-21(10-3-16)28-24(29)19(14-27)12-18-6-11-23(22(25)13-18)30-15-17-4-7-20(26)8-5-17/h2-13H,15H2,1H3,(H,28,29)/b19-12+. The van der Waals surface area contributed by atoms with Gasteiger partial charge < -0.3 is 10.1 Å². The lowest BCUT2D eigenvalue weighted by Crippen LogP contribution is -2.13. The molecule has 0 saturated heterocycles. The fourth-order valence-electron chi connectivity index (χ4n) is 2.62. The van der Waals surface area contributed by atoms with E-state index in [9.17, 15) is 10.1 Å². The Labute approximate surface area is 197 Å². The molecule has 6 heteroatoms. The maximum atomic E-state index is 12.4. The molecule has 0 saturated carbocycles. The predicted octanol–water partition coefficient (Wildman–Crippen LogP) is 6.49. The topological polar surface area (TPSA) is 62.1 Å². The van der Waals surface area contributed by atoms with Gasteiger partial charge in [0.2, 0.25) is 0 Å². The number of nitrogens with zero attached hydrogens (tertiary/aromatic N) is 1. The van der Waals surface area contributed by atoms with Crippen LogP contribution in [-0.2, 0) is 11.4 Å². The number of carbonyl (C=O) groups is 1. The summed E-state index contributed by atoms with van der Waals surface area (Å²) in [5, 5.41) is 12.2. The van der Waals surface area contributed by atoms with E-state index in [1.165, 1.54) is 3.57 Å². The van der Waals surface area contributed by atoms with Crippen molar-refractivity contribution in [1.29, 1.82) is 5.26 Å². The van der Waals surface area contributed by atoms with E-state index < -0.39 is 5.91 Å². The van der Waals surface area contributed by atoms with E-state index >= 15 is 0 Å². The number of nitriles is 1. The molecule has 0 unspecified atom stereocenters. The molecule has 0 radical (unpaired) electrons. The molecule has 0 heterocycles. The number of ether oxygens (including phenoxy) is 1. The number of amides is 1. The van der Waals surface area contributed by atoms with Gasteiger partial charge in [-0.25, -0.2) is 0 Å². The van der Waals surface area contributed by atoms with Crippen LogP contribution in [0, 0.1) is 21.8 Å². The Morgan fingerprint density at radius 3 is 2.47 bits per heavy atom. The number of anilines is 1. The molecule has 0 aliphatic heterocycles. The van der Waals surface area contributed by atoms with Gasteiger partial charge in [0.25, 0.3) is 5.91 Å². The minimum Gasteiger partial charge on any atom is -0.488 e. The molecule has 1 N–H and O–H groups in total. The van der Waals surface area contributed by atoms with E-state index in [1.54, 1.807) is 18.2 Å². The number of hydrogen-bond acceptors (Lipinski definition) is 3. The molecule has 0 aliphatic rings. The first-order chi connectivity index (χ1) is 14.4. The lowest BCUT2D eigenvalue weighted by Gasteiger charge is -2.09. The van der Waals surface area contributed by atoms with Crippen LogP contribution in [0.4, 0.5) is 5.69 Å². The molecule has 3 aromatic rings. The van der Waals surface area contributed by atoms with Crippen LogP contribution in [-0.4, -0.2) is 5.91 Å². The smallest absolute Gasteiger partial charge is 0.266 e. The summed E-state index contributed by atoms with van der Waals surface area (Å²) in [4.78, 5) is 12.4. The zero-order chi connectivity index (χ0) is 21.5. The predicted molar refractivity (Wildman–Crippen MR) is 131 cm³/mol. The van der Waals surface area contributed by atoms with Crippen LogP contribution < -0.4 is 10.1 Å². The number of nitrogens with one attached hydrogen (secondary N) is 1. The van der Waals surface area contributed by atoms with E-state index in [4.69, 9.17) is 4.74 Å². The van der Waals surface area contributed by atoms with Gasteiger partial charge in [-0.15, -0.1) is 0 Å². The number of halogens is 2. The fraction of sp³-hybridized carbons (Fsp3) is 0.0833. The lowest BCUT2D eigenvalue weighted by atomic mass is 10.1. The highest BCUT2D eigenvalue weighted by molar-refractivity contribution is 14.1. The Kier molecular flexibility index (Phi) is 7.66. The SMILES string of the molecule is Cc1ccc(NC(=O)/C(C#N)=C/c2ccc(OCc3ccc(I)cc3)c(Br)c2)cc1. The number of rotatable bonds is 6. The van der Waals surface area contributed by atoms with Gasteiger partial charge in [-0.3, -0.25) is 4.79 Å². The van der Waals surface area contributed by atoms with Crippen LogP contribution in [0.1, 0.15) is 16.7 Å². The first kappa shape index (κ1) is 22.1. The maximum Gasteiger partial charge on any atom is 0.266 e. The van der Waals surface area contributed by atoms with Crippen molar-refractivity contribution in [3.8, 4) is 11.8 Å². The highest BCUT2D eigenvalue weighted by atomic mass is 127. The summed E-state index contributed by atoms with van der Waals surface area (Å²) in [5.74, 6) is 0.241. The van der Waals surface area contributed by atoms with E-state index in [2.05, 4.69) is 43.8 Å². The Morgan fingerprint density at radius 2 is 1.83 bits per heavy atom. The Hall–Kier alpha value is -2.63.